The predicted octanol–water partition coefficient (Wildman–Crippen LogP) is 2.82. The van der Waals surface area contributed by atoms with E-state index in [1.807, 2.05) is 25.3 Å². The van der Waals surface area contributed by atoms with Crippen LogP contribution in [0.25, 0.3) is 33.7 Å². The van der Waals surface area contributed by atoms with Crippen molar-refractivity contribution >= 4 is 22.1 Å². The highest BCUT2D eigenvalue weighted by Gasteiger charge is 2.31. The molecular weight excluding hydrogens is 356 g/mol. The molecule has 8 heteroatoms. The van der Waals surface area contributed by atoms with Gasteiger partial charge in [0.05, 0.1) is 23.8 Å². The van der Waals surface area contributed by atoms with Crippen molar-refractivity contribution in [3.05, 3.63) is 36.4 Å². The van der Waals surface area contributed by atoms with E-state index in [-0.39, 0.29) is 18.7 Å². The van der Waals surface area contributed by atoms with E-state index in [1.54, 1.807) is 12.3 Å². The monoisotopic (exact) mass is 376 g/mol. The SMILES string of the molecule is CC(C#N)N1CCC(n2c(-c3ccc(CO)o3)nc3cnc4[nH]ccc4c32)C1. The number of nitriles is 1. The topological polar surface area (TPSA) is 107 Å². The Morgan fingerprint density at radius 3 is 3.11 bits per heavy atom. The molecule has 0 radical (unpaired) electrons. The lowest BCUT2D eigenvalue weighted by atomic mass is 10.2. The van der Waals surface area contributed by atoms with Gasteiger partial charge in [-0.05, 0) is 31.5 Å². The molecule has 4 aromatic heterocycles. The molecule has 0 saturated carbocycles. The van der Waals surface area contributed by atoms with Gasteiger partial charge in [-0.1, -0.05) is 0 Å². The second-order valence-electron chi connectivity index (χ2n) is 7.20. The molecule has 0 aliphatic carbocycles. The average molecular weight is 376 g/mol. The summed E-state index contributed by atoms with van der Waals surface area (Å²) in [4.78, 5) is 14.6. The van der Waals surface area contributed by atoms with Crippen LogP contribution in [-0.2, 0) is 6.61 Å². The van der Waals surface area contributed by atoms with E-state index in [4.69, 9.17) is 9.40 Å². The third-order valence-corrected chi connectivity index (χ3v) is 5.57. The third-order valence-electron chi connectivity index (χ3n) is 5.57. The highest BCUT2D eigenvalue weighted by atomic mass is 16.4. The van der Waals surface area contributed by atoms with Gasteiger partial charge in [0.1, 0.15) is 23.5 Å². The number of nitrogens with one attached hydrogen (secondary N) is 1. The van der Waals surface area contributed by atoms with E-state index in [0.717, 1.165) is 47.4 Å². The van der Waals surface area contributed by atoms with Gasteiger partial charge in [-0.15, -0.1) is 0 Å². The number of aromatic nitrogens is 4. The normalized spacial score (nSPS) is 18.8. The molecule has 1 aliphatic heterocycles. The first-order valence-corrected chi connectivity index (χ1v) is 9.37. The van der Waals surface area contributed by atoms with Crippen molar-refractivity contribution < 1.29 is 9.52 Å². The molecule has 2 N–H and O–H groups in total. The number of pyridine rings is 1. The zero-order valence-electron chi connectivity index (χ0n) is 15.5. The minimum absolute atomic E-state index is 0.123. The predicted molar refractivity (Wildman–Crippen MR) is 103 cm³/mol. The number of rotatable bonds is 4. The standard InChI is InChI=1S/C20H20N6O2/c1-12(8-21)25-7-5-13(10-25)26-18-15-4-6-22-19(15)23-9-16(18)24-20(26)17-3-2-14(11-27)28-17/h2-4,6,9,12-13,27H,5,7,10-11H2,1H3,(H,22,23). The quantitative estimate of drug-likeness (QED) is 0.567. The molecule has 0 amide bonds. The second kappa shape index (κ2) is 6.48. The maximum Gasteiger partial charge on any atom is 0.177 e. The lowest BCUT2D eigenvalue weighted by Crippen LogP contribution is -2.30. The lowest BCUT2D eigenvalue weighted by Gasteiger charge is -2.20. The van der Waals surface area contributed by atoms with Crippen LogP contribution in [0.3, 0.4) is 0 Å². The Bertz CT molecular complexity index is 1200. The molecule has 1 fully saturated rings. The Labute approximate surface area is 161 Å². The number of likely N-dealkylation sites (tertiary alicyclic amines) is 1. The number of hydrogen-bond donors (Lipinski definition) is 2. The largest absolute Gasteiger partial charge is 0.455 e. The molecule has 2 unspecified atom stereocenters. The van der Waals surface area contributed by atoms with Gasteiger partial charge >= 0.3 is 0 Å². The fraction of sp³-hybridized carbons (Fsp3) is 0.350. The van der Waals surface area contributed by atoms with Gasteiger partial charge in [0, 0.05) is 30.7 Å². The molecule has 5 rings (SSSR count). The number of nitrogens with zero attached hydrogens (tertiary/aromatic N) is 5. The summed E-state index contributed by atoms with van der Waals surface area (Å²) in [5.74, 6) is 1.85. The Morgan fingerprint density at radius 2 is 2.32 bits per heavy atom. The van der Waals surface area contributed by atoms with Crippen molar-refractivity contribution in [2.75, 3.05) is 13.1 Å². The zero-order chi connectivity index (χ0) is 19.3. The number of furan rings is 1. The summed E-state index contributed by atoms with van der Waals surface area (Å²) in [5.41, 5.74) is 2.63. The number of H-pyrrole nitrogens is 1. The molecule has 1 aliphatic rings. The van der Waals surface area contributed by atoms with Crippen LogP contribution in [0.5, 0.6) is 0 Å². The van der Waals surface area contributed by atoms with Gasteiger partial charge in [0.2, 0.25) is 0 Å². The van der Waals surface area contributed by atoms with Crippen molar-refractivity contribution in [1.29, 1.82) is 5.26 Å². The summed E-state index contributed by atoms with van der Waals surface area (Å²) in [6.45, 7) is 3.42. The number of aliphatic hydroxyl groups excluding tert-OH is 1. The van der Waals surface area contributed by atoms with Gasteiger partial charge in [-0.3, -0.25) is 4.90 Å². The van der Waals surface area contributed by atoms with Crippen molar-refractivity contribution in [1.82, 2.24) is 24.4 Å². The first-order chi connectivity index (χ1) is 13.7. The molecule has 142 valence electrons. The zero-order valence-corrected chi connectivity index (χ0v) is 15.5. The molecule has 8 nitrogen and oxygen atoms in total. The summed E-state index contributed by atoms with van der Waals surface area (Å²) in [6.07, 6.45) is 4.57. The van der Waals surface area contributed by atoms with E-state index in [1.165, 1.54) is 0 Å². The van der Waals surface area contributed by atoms with E-state index in [9.17, 15) is 10.4 Å². The van der Waals surface area contributed by atoms with Crippen LogP contribution in [0, 0.1) is 11.3 Å². The first-order valence-electron chi connectivity index (χ1n) is 9.37. The molecule has 28 heavy (non-hydrogen) atoms. The maximum absolute atomic E-state index is 9.38. The van der Waals surface area contributed by atoms with Crippen LogP contribution in [0.2, 0.25) is 0 Å². The van der Waals surface area contributed by atoms with Crippen LogP contribution < -0.4 is 0 Å². The third kappa shape index (κ3) is 2.52. The van der Waals surface area contributed by atoms with Gasteiger partial charge in [-0.25, -0.2) is 9.97 Å². The first kappa shape index (κ1) is 17.0. The average Bonchev–Trinajstić information content (AvgIpc) is 3.50. The van der Waals surface area contributed by atoms with Crippen LogP contribution in [0.1, 0.15) is 25.1 Å². The van der Waals surface area contributed by atoms with Crippen LogP contribution in [0.15, 0.2) is 35.0 Å². The van der Waals surface area contributed by atoms with Crippen molar-refractivity contribution in [3.8, 4) is 17.7 Å². The van der Waals surface area contributed by atoms with Gasteiger partial charge in [-0.2, -0.15) is 5.26 Å². The molecule has 0 bridgehead atoms. The Hall–Kier alpha value is -3.15. The van der Waals surface area contributed by atoms with Gasteiger partial charge in [0.25, 0.3) is 0 Å². The summed E-state index contributed by atoms with van der Waals surface area (Å²) < 4.78 is 8.03. The highest BCUT2D eigenvalue weighted by molar-refractivity contribution is 6.02. The minimum Gasteiger partial charge on any atom is -0.455 e. The van der Waals surface area contributed by atoms with E-state index in [2.05, 4.69) is 25.5 Å². The summed E-state index contributed by atoms with van der Waals surface area (Å²) in [6, 6.07) is 8.00. The van der Waals surface area contributed by atoms with Crippen molar-refractivity contribution in [2.45, 2.75) is 32.0 Å². The number of fused-ring (bicyclic) bond motifs is 3. The van der Waals surface area contributed by atoms with Crippen LogP contribution in [0.4, 0.5) is 0 Å². The lowest BCUT2D eigenvalue weighted by molar-refractivity contribution is 0.248. The van der Waals surface area contributed by atoms with E-state index < -0.39 is 0 Å². The molecule has 1 saturated heterocycles. The van der Waals surface area contributed by atoms with Crippen LogP contribution in [-0.4, -0.2) is 48.7 Å². The maximum atomic E-state index is 9.38. The number of imidazole rings is 1. The van der Waals surface area contributed by atoms with Gasteiger partial charge in [0.15, 0.2) is 11.6 Å². The smallest absolute Gasteiger partial charge is 0.177 e. The number of hydrogen-bond acceptors (Lipinski definition) is 6. The minimum atomic E-state index is -0.152. The van der Waals surface area contributed by atoms with Crippen molar-refractivity contribution in [3.63, 3.8) is 0 Å². The number of aliphatic hydroxyl groups is 1. The summed E-state index contributed by atoms with van der Waals surface area (Å²) in [5, 5.41) is 19.7. The van der Waals surface area contributed by atoms with Crippen molar-refractivity contribution in [2.24, 2.45) is 0 Å². The second-order valence-corrected chi connectivity index (χ2v) is 7.20. The highest BCUT2D eigenvalue weighted by Crippen LogP contribution is 2.36. The summed E-state index contributed by atoms with van der Waals surface area (Å²) in [7, 11) is 0. The molecule has 2 atom stereocenters. The number of aromatic amines is 1. The van der Waals surface area contributed by atoms with E-state index >= 15 is 0 Å². The molecule has 0 spiro atoms. The van der Waals surface area contributed by atoms with E-state index in [0.29, 0.717) is 11.5 Å². The van der Waals surface area contributed by atoms with Gasteiger partial charge < -0.3 is 19.1 Å². The molecular formula is C20H20N6O2. The molecule has 5 heterocycles. The fourth-order valence-electron chi connectivity index (χ4n) is 4.12. The molecule has 0 aromatic carbocycles. The summed E-state index contributed by atoms with van der Waals surface area (Å²) >= 11 is 0. The Kier molecular flexibility index (Phi) is 3.93. The fourth-order valence-corrected chi connectivity index (χ4v) is 4.12. The van der Waals surface area contributed by atoms with Crippen LogP contribution >= 0.6 is 0 Å². The Morgan fingerprint density at radius 1 is 1.43 bits per heavy atom. The molecule has 4 aromatic rings. The Balaban J connectivity index is 1.71.